The van der Waals surface area contributed by atoms with Crippen LogP contribution < -0.4 is 14.8 Å². The van der Waals surface area contributed by atoms with Crippen LogP contribution in [-0.4, -0.2) is 67.0 Å². The predicted molar refractivity (Wildman–Crippen MR) is 119 cm³/mol. The van der Waals surface area contributed by atoms with E-state index in [1.165, 1.54) is 7.11 Å². The lowest BCUT2D eigenvalue weighted by molar-refractivity contribution is -0.117. The van der Waals surface area contributed by atoms with E-state index >= 15 is 0 Å². The van der Waals surface area contributed by atoms with Crippen molar-refractivity contribution < 1.29 is 28.6 Å². The summed E-state index contributed by atoms with van der Waals surface area (Å²) < 4.78 is 15.9. The maximum absolute atomic E-state index is 13.2. The van der Waals surface area contributed by atoms with Crippen LogP contribution in [0, 0.1) is 13.8 Å². The molecule has 1 aliphatic rings. The summed E-state index contributed by atoms with van der Waals surface area (Å²) in [5.41, 5.74) is 2.42. The van der Waals surface area contributed by atoms with Crippen LogP contribution in [0.2, 0.25) is 0 Å². The molecule has 2 heterocycles. The maximum Gasteiger partial charge on any atom is 0.339 e. The van der Waals surface area contributed by atoms with E-state index in [1.54, 1.807) is 43.9 Å². The fourth-order valence-corrected chi connectivity index (χ4v) is 3.81. The Morgan fingerprint density at radius 1 is 1.19 bits per heavy atom. The number of ether oxygens (including phenoxy) is 3. The summed E-state index contributed by atoms with van der Waals surface area (Å²) in [4.78, 5) is 42.6. The van der Waals surface area contributed by atoms with Crippen molar-refractivity contribution >= 4 is 23.3 Å². The highest BCUT2D eigenvalue weighted by atomic mass is 16.6. The summed E-state index contributed by atoms with van der Waals surface area (Å²) in [6.07, 6.45) is 0. The largest absolute Gasteiger partial charge is 0.486 e. The number of benzene rings is 1. The first kappa shape index (κ1) is 23.3. The first-order valence-corrected chi connectivity index (χ1v) is 10.5. The first-order chi connectivity index (χ1) is 15.3. The smallest absolute Gasteiger partial charge is 0.339 e. The topological polar surface area (TPSA) is 110 Å². The molecule has 172 valence electrons. The Morgan fingerprint density at radius 2 is 1.88 bits per heavy atom. The molecule has 0 aliphatic carbocycles. The molecule has 1 aliphatic heterocycles. The van der Waals surface area contributed by atoms with E-state index in [-0.39, 0.29) is 18.2 Å². The molecule has 3 rings (SSSR count). The van der Waals surface area contributed by atoms with Gasteiger partial charge in [-0.2, -0.15) is 0 Å². The lowest BCUT2D eigenvalue weighted by Gasteiger charge is -2.26. The standard InChI is InChI=1S/C23H29N3O6/c1-6-26(12-19(27)25-16-7-8-17-18(11-16)32-10-9-31-17)15(4)22(28)21-13(2)20(14(3)24-21)23(29)30-5/h7-8,11,15,24H,6,9-10,12H2,1-5H3,(H,25,27)/t15-/m1/s1. The van der Waals surface area contributed by atoms with E-state index in [9.17, 15) is 14.4 Å². The first-order valence-electron chi connectivity index (χ1n) is 10.5. The Kier molecular flexibility index (Phi) is 7.19. The zero-order valence-electron chi connectivity index (χ0n) is 19.0. The van der Waals surface area contributed by atoms with Gasteiger partial charge >= 0.3 is 5.97 Å². The molecular weight excluding hydrogens is 414 g/mol. The Labute approximate surface area is 187 Å². The maximum atomic E-state index is 13.2. The third kappa shape index (κ3) is 4.77. The number of hydrogen-bond donors (Lipinski definition) is 2. The number of nitrogens with zero attached hydrogens (tertiary/aromatic N) is 1. The summed E-state index contributed by atoms with van der Waals surface area (Å²) in [7, 11) is 1.30. The Balaban J connectivity index is 1.69. The number of methoxy groups -OCH3 is 1. The van der Waals surface area contributed by atoms with E-state index in [4.69, 9.17) is 14.2 Å². The number of anilines is 1. The predicted octanol–water partition coefficient (Wildman–Crippen LogP) is 2.72. The number of carbonyl (C=O) groups excluding carboxylic acids is 3. The highest BCUT2D eigenvalue weighted by molar-refractivity contribution is 6.04. The number of Topliss-reactive ketones (excluding diaryl/α,β-unsaturated/α-hetero) is 1. The summed E-state index contributed by atoms with van der Waals surface area (Å²) in [5, 5.41) is 2.84. The van der Waals surface area contributed by atoms with Crippen molar-refractivity contribution in [1.29, 1.82) is 0 Å². The number of esters is 1. The number of ketones is 1. The second-order valence-corrected chi connectivity index (χ2v) is 7.63. The number of aryl methyl sites for hydroxylation is 1. The van der Waals surface area contributed by atoms with Crippen molar-refractivity contribution in [3.8, 4) is 11.5 Å². The monoisotopic (exact) mass is 443 g/mol. The van der Waals surface area contributed by atoms with Gasteiger partial charge in [-0.05, 0) is 45.0 Å². The molecular formula is C23H29N3O6. The molecule has 1 aromatic heterocycles. The summed E-state index contributed by atoms with van der Waals surface area (Å²) in [5.74, 6) is 0.289. The van der Waals surface area contributed by atoms with E-state index in [0.29, 0.717) is 59.5 Å². The summed E-state index contributed by atoms with van der Waals surface area (Å²) in [6, 6.07) is 4.64. The second kappa shape index (κ2) is 9.86. The molecule has 9 nitrogen and oxygen atoms in total. The van der Waals surface area contributed by atoms with E-state index in [0.717, 1.165) is 0 Å². The number of fused-ring (bicyclic) bond motifs is 1. The molecule has 0 saturated heterocycles. The van der Waals surface area contributed by atoms with Gasteiger partial charge in [-0.1, -0.05) is 6.92 Å². The van der Waals surface area contributed by atoms with Gasteiger partial charge in [0.1, 0.15) is 13.2 Å². The lowest BCUT2D eigenvalue weighted by Crippen LogP contribution is -2.43. The molecule has 1 amide bonds. The van der Waals surface area contributed by atoms with Gasteiger partial charge < -0.3 is 24.5 Å². The molecule has 32 heavy (non-hydrogen) atoms. The number of aromatic amines is 1. The molecule has 2 N–H and O–H groups in total. The average Bonchev–Trinajstić information content (AvgIpc) is 3.09. The van der Waals surface area contributed by atoms with Crippen LogP contribution in [0.5, 0.6) is 11.5 Å². The zero-order valence-corrected chi connectivity index (χ0v) is 19.0. The van der Waals surface area contributed by atoms with Gasteiger partial charge in [0, 0.05) is 17.4 Å². The van der Waals surface area contributed by atoms with Gasteiger partial charge in [0.15, 0.2) is 17.3 Å². The van der Waals surface area contributed by atoms with Crippen molar-refractivity contribution in [2.75, 3.05) is 38.7 Å². The fraction of sp³-hybridized carbons (Fsp3) is 0.435. The van der Waals surface area contributed by atoms with Crippen molar-refractivity contribution in [1.82, 2.24) is 9.88 Å². The number of amides is 1. The Morgan fingerprint density at radius 3 is 2.53 bits per heavy atom. The van der Waals surface area contributed by atoms with Gasteiger partial charge in [0.2, 0.25) is 5.91 Å². The van der Waals surface area contributed by atoms with E-state index in [2.05, 4.69) is 10.3 Å². The Bertz CT molecular complexity index is 1030. The summed E-state index contributed by atoms with van der Waals surface area (Å²) >= 11 is 0. The molecule has 0 bridgehead atoms. The molecule has 0 saturated carbocycles. The quantitative estimate of drug-likeness (QED) is 0.477. The number of aromatic nitrogens is 1. The highest BCUT2D eigenvalue weighted by Crippen LogP contribution is 2.32. The van der Waals surface area contributed by atoms with Crippen LogP contribution in [0.3, 0.4) is 0 Å². The van der Waals surface area contributed by atoms with Crippen molar-refractivity contribution in [3.63, 3.8) is 0 Å². The van der Waals surface area contributed by atoms with Crippen LogP contribution >= 0.6 is 0 Å². The van der Waals surface area contributed by atoms with E-state index in [1.807, 2.05) is 6.92 Å². The zero-order chi connectivity index (χ0) is 23.4. The second-order valence-electron chi connectivity index (χ2n) is 7.63. The van der Waals surface area contributed by atoms with E-state index < -0.39 is 12.0 Å². The molecule has 0 radical (unpaired) electrons. The van der Waals surface area contributed by atoms with Crippen molar-refractivity contribution in [2.24, 2.45) is 0 Å². The molecule has 1 atom stereocenters. The number of rotatable bonds is 8. The minimum atomic E-state index is -0.576. The van der Waals surface area contributed by atoms with Gasteiger partial charge in [-0.3, -0.25) is 14.5 Å². The van der Waals surface area contributed by atoms with Crippen LogP contribution in [0.1, 0.15) is 46.0 Å². The van der Waals surface area contributed by atoms with Crippen LogP contribution in [-0.2, 0) is 9.53 Å². The average molecular weight is 444 g/mol. The third-order valence-electron chi connectivity index (χ3n) is 5.58. The van der Waals surface area contributed by atoms with Crippen LogP contribution in [0.15, 0.2) is 18.2 Å². The van der Waals surface area contributed by atoms with Crippen LogP contribution in [0.25, 0.3) is 0 Å². The number of H-pyrrole nitrogens is 1. The normalized spacial score (nSPS) is 13.6. The Hall–Kier alpha value is -3.33. The highest BCUT2D eigenvalue weighted by Gasteiger charge is 2.29. The third-order valence-corrected chi connectivity index (χ3v) is 5.58. The minimum absolute atomic E-state index is 0.0282. The molecule has 9 heteroatoms. The van der Waals surface area contributed by atoms with Crippen LogP contribution in [0.4, 0.5) is 5.69 Å². The van der Waals surface area contributed by atoms with Gasteiger partial charge in [-0.25, -0.2) is 4.79 Å². The molecule has 0 unspecified atom stereocenters. The molecule has 0 fully saturated rings. The number of carbonyl (C=O) groups is 3. The summed E-state index contributed by atoms with van der Waals surface area (Å²) in [6.45, 7) is 8.54. The van der Waals surface area contributed by atoms with Gasteiger partial charge in [0.05, 0.1) is 31.0 Å². The number of likely N-dealkylation sites (N-methyl/N-ethyl adjacent to an activating group) is 1. The van der Waals surface area contributed by atoms with Crippen molar-refractivity contribution in [3.05, 3.63) is 40.7 Å². The minimum Gasteiger partial charge on any atom is -0.486 e. The number of hydrogen-bond acceptors (Lipinski definition) is 7. The lowest BCUT2D eigenvalue weighted by atomic mass is 10.0. The fourth-order valence-electron chi connectivity index (χ4n) is 3.81. The van der Waals surface area contributed by atoms with Gasteiger partial charge in [0.25, 0.3) is 0 Å². The molecule has 2 aromatic rings. The van der Waals surface area contributed by atoms with Gasteiger partial charge in [-0.15, -0.1) is 0 Å². The molecule has 0 spiro atoms. The SMILES string of the molecule is CCN(CC(=O)Nc1ccc2c(c1)OCCO2)[C@H](C)C(=O)c1[nH]c(C)c(C(=O)OC)c1C. The molecule has 1 aromatic carbocycles. The number of nitrogens with one attached hydrogen (secondary N) is 2. The van der Waals surface area contributed by atoms with Crippen molar-refractivity contribution in [2.45, 2.75) is 33.7 Å².